The molecule has 1 amide bonds. The summed E-state index contributed by atoms with van der Waals surface area (Å²) < 4.78 is 5.00. The molecule has 0 spiro atoms. The van der Waals surface area contributed by atoms with E-state index in [1.54, 1.807) is 19.2 Å². The van der Waals surface area contributed by atoms with Crippen molar-refractivity contribution in [1.29, 1.82) is 0 Å². The van der Waals surface area contributed by atoms with Gasteiger partial charge in [0.1, 0.15) is 11.3 Å². The Morgan fingerprint density at radius 3 is 2.71 bits per heavy atom. The molecular formula is C15H17N3O3. The number of amides is 1. The maximum absolute atomic E-state index is 11.6. The number of rotatable bonds is 4. The van der Waals surface area contributed by atoms with Gasteiger partial charge in [-0.1, -0.05) is 6.07 Å². The minimum Gasteiger partial charge on any atom is -0.506 e. The first-order valence-corrected chi connectivity index (χ1v) is 6.40. The lowest BCUT2D eigenvalue weighted by Crippen LogP contribution is -2.17. The molecule has 0 unspecified atom stereocenters. The molecule has 0 atom stereocenters. The van der Waals surface area contributed by atoms with Crippen molar-refractivity contribution in [3.63, 3.8) is 0 Å². The molecule has 2 aromatic heterocycles. The Kier molecular flexibility index (Phi) is 4.18. The van der Waals surface area contributed by atoms with E-state index in [2.05, 4.69) is 9.97 Å². The maximum Gasteiger partial charge on any atom is 0.254 e. The number of hydrogen-bond donors (Lipinski definition) is 2. The molecular weight excluding hydrogens is 270 g/mol. The summed E-state index contributed by atoms with van der Waals surface area (Å²) in [6.07, 6.45) is 1.62. The molecule has 0 aliphatic heterocycles. The average molecular weight is 287 g/mol. The van der Waals surface area contributed by atoms with Crippen LogP contribution in [0.3, 0.4) is 0 Å². The Morgan fingerprint density at radius 2 is 2.14 bits per heavy atom. The number of carbonyl (C=O) groups is 1. The molecule has 110 valence electrons. The number of nitrogens with two attached hydrogens (primary N) is 1. The van der Waals surface area contributed by atoms with Crippen LogP contribution < -0.4 is 5.73 Å². The third kappa shape index (κ3) is 2.71. The summed E-state index contributed by atoms with van der Waals surface area (Å²) in [6, 6.07) is 3.67. The van der Waals surface area contributed by atoms with Crippen molar-refractivity contribution in [3.8, 4) is 17.0 Å². The Labute approximate surface area is 122 Å². The molecule has 3 N–H and O–H groups in total. The smallest absolute Gasteiger partial charge is 0.254 e. The number of ether oxygens (including phenoxy) is 1. The number of pyridine rings is 2. The number of hydrogen-bond acceptors (Lipinski definition) is 5. The van der Waals surface area contributed by atoms with Crippen LogP contribution in [0.2, 0.25) is 0 Å². The topological polar surface area (TPSA) is 98.3 Å². The zero-order valence-corrected chi connectivity index (χ0v) is 12.2. The number of aromatic hydroxyl groups is 1. The lowest BCUT2D eigenvalue weighted by Gasteiger charge is -2.15. The number of primary amides is 1. The van der Waals surface area contributed by atoms with E-state index in [4.69, 9.17) is 10.5 Å². The van der Waals surface area contributed by atoms with Gasteiger partial charge in [-0.3, -0.25) is 14.8 Å². The summed E-state index contributed by atoms with van der Waals surface area (Å²) >= 11 is 0. The largest absolute Gasteiger partial charge is 0.506 e. The number of nitrogens with zero attached hydrogens (tertiary/aromatic N) is 2. The Bertz CT molecular complexity index is 699. The van der Waals surface area contributed by atoms with Gasteiger partial charge in [-0.05, 0) is 25.5 Å². The van der Waals surface area contributed by atoms with E-state index >= 15 is 0 Å². The molecule has 0 aromatic carbocycles. The van der Waals surface area contributed by atoms with Crippen LogP contribution in [0.15, 0.2) is 18.3 Å². The van der Waals surface area contributed by atoms with Gasteiger partial charge < -0.3 is 15.6 Å². The van der Waals surface area contributed by atoms with Crippen LogP contribution >= 0.6 is 0 Å². The predicted octanol–water partition coefficient (Wildman–Crippen LogP) is 1.71. The van der Waals surface area contributed by atoms with Gasteiger partial charge in [0.2, 0.25) is 0 Å². The van der Waals surface area contributed by atoms with E-state index in [9.17, 15) is 9.90 Å². The predicted molar refractivity (Wildman–Crippen MR) is 77.8 cm³/mol. The molecule has 0 fully saturated rings. The van der Waals surface area contributed by atoms with E-state index in [-0.39, 0.29) is 17.9 Å². The summed E-state index contributed by atoms with van der Waals surface area (Å²) in [4.78, 5) is 20.2. The molecule has 21 heavy (non-hydrogen) atoms. The van der Waals surface area contributed by atoms with Crippen molar-refractivity contribution in [2.45, 2.75) is 20.5 Å². The highest BCUT2D eigenvalue weighted by Gasteiger charge is 2.23. The highest BCUT2D eigenvalue weighted by Crippen LogP contribution is 2.36. The standard InChI is InChI=1S/C15H17N3O3/c1-8-5-4-6-17-13(8)11-9(2)18-10(7-21-3)12(14(11)19)15(16)20/h4-6H,7H2,1-3H3,(H2,16,20)(H,18,19). The van der Waals surface area contributed by atoms with Crippen molar-refractivity contribution in [1.82, 2.24) is 9.97 Å². The number of aromatic nitrogens is 2. The Balaban J connectivity index is 2.77. The van der Waals surface area contributed by atoms with E-state index in [1.165, 1.54) is 7.11 Å². The van der Waals surface area contributed by atoms with Crippen molar-refractivity contribution < 1.29 is 14.6 Å². The minimum absolute atomic E-state index is 0.0255. The second-order valence-electron chi connectivity index (χ2n) is 4.71. The fourth-order valence-corrected chi connectivity index (χ4v) is 2.28. The van der Waals surface area contributed by atoms with Crippen LogP contribution in [-0.4, -0.2) is 28.1 Å². The van der Waals surface area contributed by atoms with Crippen LogP contribution in [-0.2, 0) is 11.3 Å². The van der Waals surface area contributed by atoms with Crippen molar-refractivity contribution >= 4 is 5.91 Å². The monoisotopic (exact) mass is 287 g/mol. The molecule has 6 nitrogen and oxygen atoms in total. The van der Waals surface area contributed by atoms with Crippen LogP contribution in [0.4, 0.5) is 0 Å². The third-order valence-electron chi connectivity index (χ3n) is 3.20. The van der Waals surface area contributed by atoms with E-state index < -0.39 is 5.91 Å². The zero-order valence-electron chi connectivity index (χ0n) is 12.2. The summed E-state index contributed by atoms with van der Waals surface area (Å²) in [6.45, 7) is 3.70. The summed E-state index contributed by atoms with van der Waals surface area (Å²) in [7, 11) is 1.48. The molecule has 0 aliphatic carbocycles. The van der Waals surface area contributed by atoms with E-state index in [1.807, 2.05) is 13.0 Å². The molecule has 0 radical (unpaired) electrons. The SMILES string of the molecule is COCc1nc(C)c(-c2ncccc2C)c(O)c1C(N)=O. The van der Waals surface area contributed by atoms with Gasteiger partial charge >= 0.3 is 0 Å². The second-order valence-corrected chi connectivity index (χ2v) is 4.71. The molecule has 2 heterocycles. The molecule has 0 bridgehead atoms. The Hall–Kier alpha value is -2.47. The molecule has 0 saturated carbocycles. The molecule has 6 heteroatoms. The lowest BCUT2D eigenvalue weighted by molar-refractivity contribution is 0.0991. The van der Waals surface area contributed by atoms with Crippen molar-refractivity contribution in [2.24, 2.45) is 5.73 Å². The average Bonchev–Trinajstić information content (AvgIpc) is 2.40. The van der Waals surface area contributed by atoms with Gasteiger partial charge in [0.05, 0.1) is 29.3 Å². The summed E-state index contributed by atoms with van der Waals surface area (Å²) in [5.74, 6) is -0.953. The molecule has 0 aliphatic rings. The van der Waals surface area contributed by atoms with E-state index in [0.717, 1.165) is 5.56 Å². The third-order valence-corrected chi connectivity index (χ3v) is 3.20. The lowest BCUT2D eigenvalue weighted by atomic mass is 9.99. The number of carbonyl (C=O) groups excluding carboxylic acids is 1. The fraction of sp³-hybridized carbons (Fsp3) is 0.267. The quantitative estimate of drug-likeness (QED) is 0.892. The van der Waals surface area contributed by atoms with Crippen LogP contribution in [0.25, 0.3) is 11.3 Å². The van der Waals surface area contributed by atoms with Crippen LogP contribution in [0.5, 0.6) is 5.75 Å². The van der Waals surface area contributed by atoms with Gasteiger partial charge in [-0.2, -0.15) is 0 Å². The zero-order chi connectivity index (χ0) is 15.6. The molecule has 0 saturated heterocycles. The first-order chi connectivity index (χ1) is 9.97. The van der Waals surface area contributed by atoms with Crippen molar-refractivity contribution in [3.05, 3.63) is 40.8 Å². The van der Waals surface area contributed by atoms with Crippen LogP contribution in [0, 0.1) is 13.8 Å². The highest BCUT2D eigenvalue weighted by atomic mass is 16.5. The summed E-state index contributed by atoms with van der Waals surface area (Å²) in [5, 5.41) is 10.5. The van der Waals surface area contributed by atoms with Gasteiger partial charge in [0.25, 0.3) is 5.91 Å². The normalized spacial score (nSPS) is 10.6. The van der Waals surface area contributed by atoms with Gasteiger partial charge in [0, 0.05) is 13.3 Å². The van der Waals surface area contributed by atoms with Crippen LogP contribution in [0.1, 0.15) is 27.3 Å². The number of methoxy groups -OCH3 is 1. The van der Waals surface area contributed by atoms with Crippen molar-refractivity contribution in [2.75, 3.05) is 7.11 Å². The van der Waals surface area contributed by atoms with Gasteiger partial charge in [-0.15, -0.1) is 0 Å². The minimum atomic E-state index is -0.748. The maximum atomic E-state index is 11.6. The van der Waals surface area contributed by atoms with E-state index in [0.29, 0.717) is 22.6 Å². The van der Waals surface area contributed by atoms with Gasteiger partial charge in [0.15, 0.2) is 0 Å². The Morgan fingerprint density at radius 1 is 1.43 bits per heavy atom. The van der Waals surface area contributed by atoms with Gasteiger partial charge in [-0.25, -0.2) is 0 Å². The highest BCUT2D eigenvalue weighted by molar-refractivity contribution is 5.99. The fourth-order valence-electron chi connectivity index (χ4n) is 2.28. The first-order valence-electron chi connectivity index (χ1n) is 6.40. The molecule has 2 aromatic rings. The number of aryl methyl sites for hydroxylation is 2. The second kappa shape index (κ2) is 5.88. The molecule has 2 rings (SSSR count). The first kappa shape index (κ1) is 14.9. The summed E-state index contributed by atoms with van der Waals surface area (Å²) in [5.41, 5.74) is 8.08.